The van der Waals surface area contributed by atoms with E-state index in [9.17, 15) is 4.79 Å². The van der Waals surface area contributed by atoms with Crippen molar-refractivity contribution in [1.29, 1.82) is 0 Å². The molecule has 0 amide bonds. The number of hydrogen-bond donors (Lipinski definition) is 0. The van der Waals surface area contributed by atoms with Crippen molar-refractivity contribution >= 4 is 5.97 Å². The molecule has 1 saturated heterocycles. The van der Waals surface area contributed by atoms with Crippen LogP contribution >= 0.6 is 0 Å². The minimum Gasteiger partial charge on any atom is -0.459 e. The van der Waals surface area contributed by atoms with Gasteiger partial charge in [0, 0.05) is 32.7 Å². The van der Waals surface area contributed by atoms with Gasteiger partial charge in [0.2, 0.25) is 0 Å². The summed E-state index contributed by atoms with van der Waals surface area (Å²) in [5.74, 6) is 0.859. The molecule has 1 saturated carbocycles. The Kier molecular flexibility index (Phi) is 4.51. The summed E-state index contributed by atoms with van der Waals surface area (Å²) in [4.78, 5) is 16.8. The summed E-state index contributed by atoms with van der Waals surface area (Å²) in [7, 11) is 0. The van der Waals surface area contributed by atoms with E-state index in [0.717, 1.165) is 32.1 Å². The minimum atomic E-state index is -0.390. The van der Waals surface area contributed by atoms with Crippen molar-refractivity contribution in [3.63, 3.8) is 0 Å². The van der Waals surface area contributed by atoms with E-state index in [1.54, 1.807) is 0 Å². The Balaban J connectivity index is 1.74. The van der Waals surface area contributed by atoms with Crippen LogP contribution in [0.1, 0.15) is 40.5 Å². The lowest BCUT2D eigenvalue weighted by Gasteiger charge is -2.37. The Morgan fingerprint density at radius 3 is 2.26 bits per heavy atom. The van der Waals surface area contributed by atoms with Gasteiger partial charge in [0.1, 0.15) is 11.6 Å². The fourth-order valence-electron chi connectivity index (χ4n) is 2.53. The van der Waals surface area contributed by atoms with Crippen LogP contribution in [0.4, 0.5) is 0 Å². The summed E-state index contributed by atoms with van der Waals surface area (Å²) in [6.45, 7) is 13.1. The zero-order valence-corrected chi connectivity index (χ0v) is 12.8. The minimum absolute atomic E-state index is 0.0943. The van der Waals surface area contributed by atoms with Crippen molar-refractivity contribution in [2.24, 2.45) is 5.92 Å². The fourth-order valence-corrected chi connectivity index (χ4v) is 2.53. The lowest BCUT2D eigenvalue weighted by molar-refractivity contribution is -0.161. The molecule has 0 radical (unpaired) electrons. The third kappa shape index (κ3) is 4.77. The first-order valence-corrected chi connectivity index (χ1v) is 7.54. The maximum Gasteiger partial charge on any atom is 0.323 e. The zero-order valence-electron chi connectivity index (χ0n) is 12.8. The smallest absolute Gasteiger partial charge is 0.323 e. The number of piperazine rings is 1. The second-order valence-corrected chi connectivity index (χ2v) is 6.99. The summed E-state index contributed by atoms with van der Waals surface area (Å²) < 4.78 is 5.46. The van der Waals surface area contributed by atoms with E-state index in [-0.39, 0.29) is 17.6 Å². The Hall–Kier alpha value is -0.610. The molecule has 1 aliphatic heterocycles. The third-order valence-corrected chi connectivity index (χ3v) is 3.92. The maximum absolute atomic E-state index is 12.0. The number of carbonyl (C=O) groups excluding carboxylic acids is 1. The first kappa shape index (κ1) is 14.8. The molecular formula is C15H28N2O2. The molecule has 0 N–H and O–H groups in total. The number of carbonyl (C=O) groups is 1. The lowest BCUT2D eigenvalue weighted by Crippen LogP contribution is -2.52. The van der Waals surface area contributed by atoms with Gasteiger partial charge in [-0.2, -0.15) is 0 Å². The quantitative estimate of drug-likeness (QED) is 0.727. The number of ether oxygens (including phenoxy) is 1. The highest BCUT2D eigenvalue weighted by atomic mass is 16.6. The Bertz CT molecular complexity index is 313. The fraction of sp³-hybridized carbons (Fsp3) is 0.933. The summed E-state index contributed by atoms with van der Waals surface area (Å²) in [5, 5.41) is 0. The van der Waals surface area contributed by atoms with Crippen LogP contribution in [0.5, 0.6) is 0 Å². The number of esters is 1. The highest BCUT2D eigenvalue weighted by molar-refractivity contribution is 5.75. The standard InChI is InChI=1S/C15H28N2O2/c1-12(14(18)19-15(2,3)4)17-9-7-16(8-10-17)11-13-5-6-13/h12-13H,5-11H2,1-4H3. The molecule has 4 nitrogen and oxygen atoms in total. The van der Waals surface area contributed by atoms with E-state index in [2.05, 4.69) is 9.80 Å². The molecule has 0 bridgehead atoms. The van der Waals surface area contributed by atoms with Crippen molar-refractivity contribution in [3.05, 3.63) is 0 Å². The van der Waals surface area contributed by atoms with E-state index in [4.69, 9.17) is 4.74 Å². The highest BCUT2D eigenvalue weighted by Gasteiger charge is 2.31. The third-order valence-electron chi connectivity index (χ3n) is 3.92. The summed E-state index contributed by atoms with van der Waals surface area (Å²) >= 11 is 0. The van der Waals surface area contributed by atoms with Crippen LogP contribution in [-0.4, -0.2) is 60.1 Å². The predicted molar refractivity (Wildman–Crippen MR) is 76.0 cm³/mol. The van der Waals surface area contributed by atoms with Crippen LogP contribution in [-0.2, 0) is 9.53 Å². The molecule has 4 heteroatoms. The van der Waals surface area contributed by atoms with Gasteiger partial charge in [-0.3, -0.25) is 9.69 Å². The van der Waals surface area contributed by atoms with Crippen molar-refractivity contribution in [3.8, 4) is 0 Å². The molecule has 0 aromatic heterocycles. The summed E-state index contributed by atoms with van der Waals surface area (Å²) in [6.07, 6.45) is 2.82. The van der Waals surface area contributed by atoms with Gasteiger partial charge in [-0.05, 0) is 46.5 Å². The van der Waals surface area contributed by atoms with Crippen molar-refractivity contribution in [1.82, 2.24) is 9.80 Å². The molecule has 0 aromatic rings. The number of nitrogens with zero attached hydrogens (tertiary/aromatic N) is 2. The largest absolute Gasteiger partial charge is 0.459 e. The topological polar surface area (TPSA) is 32.8 Å². The number of hydrogen-bond acceptors (Lipinski definition) is 4. The normalized spacial score (nSPS) is 24.2. The summed E-state index contributed by atoms with van der Waals surface area (Å²) in [5.41, 5.74) is -0.390. The average molecular weight is 268 g/mol. The molecule has 2 fully saturated rings. The van der Waals surface area contributed by atoms with Crippen LogP contribution in [0.3, 0.4) is 0 Å². The van der Waals surface area contributed by atoms with Crippen LogP contribution in [0.25, 0.3) is 0 Å². The van der Waals surface area contributed by atoms with Crippen molar-refractivity contribution in [2.45, 2.75) is 52.2 Å². The monoisotopic (exact) mass is 268 g/mol. The molecular weight excluding hydrogens is 240 g/mol. The maximum atomic E-state index is 12.0. The van der Waals surface area contributed by atoms with E-state index < -0.39 is 0 Å². The second kappa shape index (κ2) is 5.80. The average Bonchev–Trinajstić information content (AvgIpc) is 3.11. The summed E-state index contributed by atoms with van der Waals surface area (Å²) in [6, 6.07) is -0.123. The Labute approximate surface area is 117 Å². The van der Waals surface area contributed by atoms with Gasteiger partial charge in [-0.1, -0.05) is 0 Å². The highest BCUT2D eigenvalue weighted by Crippen LogP contribution is 2.30. The van der Waals surface area contributed by atoms with E-state index >= 15 is 0 Å². The zero-order chi connectivity index (χ0) is 14.0. The molecule has 2 aliphatic rings. The van der Waals surface area contributed by atoms with Gasteiger partial charge >= 0.3 is 5.97 Å². The molecule has 1 atom stereocenters. The van der Waals surface area contributed by atoms with Gasteiger partial charge < -0.3 is 9.64 Å². The van der Waals surface area contributed by atoms with Gasteiger partial charge in [0.05, 0.1) is 0 Å². The SMILES string of the molecule is CC(C(=O)OC(C)(C)C)N1CCN(CC2CC2)CC1. The van der Waals surface area contributed by atoms with Gasteiger partial charge in [0.15, 0.2) is 0 Å². The van der Waals surface area contributed by atoms with Crippen LogP contribution in [0.2, 0.25) is 0 Å². The van der Waals surface area contributed by atoms with E-state index in [1.165, 1.54) is 19.4 Å². The van der Waals surface area contributed by atoms with Crippen LogP contribution in [0, 0.1) is 5.92 Å². The Morgan fingerprint density at radius 1 is 1.21 bits per heavy atom. The van der Waals surface area contributed by atoms with Crippen LogP contribution in [0.15, 0.2) is 0 Å². The first-order valence-electron chi connectivity index (χ1n) is 7.54. The first-order chi connectivity index (χ1) is 8.85. The number of rotatable bonds is 4. The van der Waals surface area contributed by atoms with E-state index in [0.29, 0.717) is 0 Å². The molecule has 110 valence electrons. The van der Waals surface area contributed by atoms with Crippen LogP contribution < -0.4 is 0 Å². The van der Waals surface area contributed by atoms with Gasteiger partial charge in [-0.15, -0.1) is 0 Å². The van der Waals surface area contributed by atoms with Gasteiger partial charge in [0.25, 0.3) is 0 Å². The molecule has 0 aromatic carbocycles. The van der Waals surface area contributed by atoms with Gasteiger partial charge in [-0.25, -0.2) is 0 Å². The molecule has 1 aliphatic carbocycles. The lowest BCUT2D eigenvalue weighted by atomic mass is 10.1. The molecule has 19 heavy (non-hydrogen) atoms. The predicted octanol–water partition coefficient (Wildman–Crippen LogP) is 1.74. The molecule has 1 unspecified atom stereocenters. The second-order valence-electron chi connectivity index (χ2n) is 6.99. The Morgan fingerprint density at radius 2 is 1.79 bits per heavy atom. The molecule has 1 heterocycles. The van der Waals surface area contributed by atoms with Crippen molar-refractivity contribution < 1.29 is 9.53 Å². The van der Waals surface area contributed by atoms with Crippen molar-refractivity contribution in [2.75, 3.05) is 32.7 Å². The molecule has 0 spiro atoms. The van der Waals surface area contributed by atoms with E-state index in [1.807, 2.05) is 27.7 Å². The molecule has 2 rings (SSSR count).